The lowest BCUT2D eigenvalue weighted by Gasteiger charge is -2.14. The Kier molecular flexibility index (Phi) is 10.3. The lowest BCUT2D eigenvalue weighted by Crippen LogP contribution is -2.22. The predicted molar refractivity (Wildman–Crippen MR) is 157 cm³/mol. The van der Waals surface area contributed by atoms with Crippen molar-refractivity contribution in [2.75, 3.05) is 32.5 Å². The number of carbonyl (C=O) groups is 1. The lowest BCUT2D eigenvalue weighted by atomic mass is 10.2. The van der Waals surface area contributed by atoms with Gasteiger partial charge in [0.1, 0.15) is 5.82 Å². The highest BCUT2D eigenvalue weighted by Gasteiger charge is 2.13. The quantitative estimate of drug-likeness (QED) is 0.205. The second-order valence-corrected chi connectivity index (χ2v) is 9.89. The number of hydrogen-bond acceptors (Lipinski definition) is 4. The molecule has 2 aromatic heterocycles. The summed E-state index contributed by atoms with van der Waals surface area (Å²) in [6.45, 7) is 2.88. The van der Waals surface area contributed by atoms with Crippen LogP contribution >= 0.6 is 35.6 Å². The van der Waals surface area contributed by atoms with E-state index in [2.05, 4.69) is 26.3 Å². The van der Waals surface area contributed by atoms with Crippen LogP contribution in [0.3, 0.4) is 0 Å². The Hall–Kier alpha value is -2.71. The number of carbonyl (C=O) groups excluding carboxylic acids is 1. The maximum Gasteiger partial charge on any atom is 0.222 e. The fourth-order valence-corrected chi connectivity index (χ4v) is 4.84. The van der Waals surface area contributed by atoms with Gasteiger partial charge >= 0.3 is 0 Å². The van der Waals surface area contributed by atoms with Crippen LogP contribution in [0.4, 0.5) is 5.82 Å². The highest BCUT2D eigenvalue weighted by atomic mass is 35.5. The molecule has 0 aliphatic carbocycles. The molecule has 3 N–H and O–H groups in total. The lowest BCUT2D eigenvalue weighted by molar-refractivity contribution is -0.128. The SMILES string of the molecule is CN(C)C(=O)CCCn1c(CNCCCNc2cc(=O)c3ccccc3[nH]2)cc2c(Cl)cc(Cl)cc21.Cl. The molecule has 1 amide bonds. The summed E-state index contributed by atoms with van der Waals surface area (Å²) in [7, 11) is 3.55. The molecule has 198 valence electrons. The van der Waals surface area contributed by atoms with Crippen molar-refractivity contribution in [3.05, 3.63) is 74.5 Å². The monoisotopic (exact) mass is 563 g/mol. The van der Waals surface area contributed by atoms with Crippen LogP contribution in [0, 0.1) is 0 Å². The Morgan fingerprint density at radius 3 is 2.59 bits per heavy atom. The number of hydrogen-bond donors (Lipinski definition) is 3. The number of pyridine rings is 1. The Morgan fingerprint density at radius 1 is 1.03 bits per heavy atom. The zero-order chi connectivity index (χ0) is 25.7. The van der Waals surface area contributed by atoms with Crippen LogP contribution < -0.4 is 16.1 Å². The molecule has 0 aliphatic heterocycles. The van der Waals surface area contributed by atoms with Crippen molar-refractivity contribution in [3.8, 4) is 0 Å². The van der Waals surface area contributed by atoms with E-state index in [0.717, 1.165) is 53.9 Å². The molecule has 0 radical (unpaired) electrons. The van der Waals surface area contributed by atoms with Crippen LogP contribution in [0.25, 0.3) is 21.8 Å². The van der Waals surface area contributed by atoms with Gasteiger partial charge in [-0.25, -0.2) is 0 Å². The third-order valence-electron chi connectivity index (χ3n) is 6.18. The van der Waals surface area contributed by atoms with E-state index in [0.29, 0.717) is 34.9 Å². The van der Waals surface area contributed by atoms with Gasteiger partial charge in [0.05, 0.1) is 16.1 Å². The summed E-state index contributed by atoms with van der Waals surface area (Å²) >= 11 is 12.8. The van der Waals surface area contributed by atoms with Crippen LogP contribution in [0.15, 0.2) is 53.3 Å². The Balaban J connectivity index is 0.00000380. The van der Waals surface area contributed by atoms with Gasteiger partial charge in [0, 0.05) is 67.7 Å². The number of rotatable bonds is 11. The molecule has 7 nitrogen and oxygen atoms in total. The van der Waals surface area contributed by atoms with Gasteiger partial charge in [-0.2, -0.15) is 0 Å². The second kappa shape index (κ2) is 13.2. The van der Waals surface area contributed by atoms with Crippen LogP contribution in [-0.4, -0.2) is 47.5 Å². The largest absolute Gasteiger partial charge is 0.371 e. The van der Waals surface area contributed by atoms with E-state index in [1.807, 2.05) is 30.3 Å². The first-order valence-electron chi connectivity index (χ1n) is 12.1. The molecule has 4 rings (SSSR count). The number of fused-ring (bicyclic) bond motifs is 2. The molecular formula is C27H32Cl3N5O2. The number of aryl methyl sites for hydroxylation is 1. The number of para-hydroxylation sites is 1. The number of aromatic amines is 1. The van der Waals surface area contributed by atoms with E-state index in [1.54, 1.807) is 31.1 Å². The summed E-state index contributed by atoms with van der Waals surface area (Å²) in [4.78, 5) is 29.2. The predicted octanol–water partition coefficient (Wildman–Crippen LogP) is 5.67. The highest BCUT2D eigenvalue weighted by Crippen LogP contribution is 2.31. The Bertz CT molecular complexity index is 1430. The van der Waals surface area contributed by atoms with Gasteiger partial charge in [0.2, 0.25) is 5.91 Å². The first kappa shape index (κ1) is 28.9. The van der Waals surface area contributed by atoms with E-state index in [-0.39, 0.29) is 23.7 Å². The smallest absolute Gasteiger partial charge is 0.222 e. The van der Waals surface area contributed by atoms with Crippen molar-refractivity contribution in [2.24, 2.45) is 0 Å². The molecule has 2 aromatic carbocycles. The summed E-state index contributed by atoms with van der Waals surface area (Å²) in [5.41, 5.74) is 2.90. The fourth-order valence-electron chi connectivity index (χ4n) is 4.30. The van der Waals surface area contributed by atoms with Crippen molar-refractivity contribution in [3.63, 3.8) is 0 Å². The molecule has 4 aromatic rings. The molecule has 0 atom stereocenters. The van der Waals surface area contributed by atoms with E-state index in [1.165, 1.54) is 0 Å². The fraction of sp³-hybridized carbons (Fsp3) is 0.333. The number of amides is 1. The summed E-state index contributed by atoms with van der Waals surface area (Å²) in [6.07, 6.45) is 2.08. The summed E-state index contributed by atoms with van der Waals surface area (Å²) in [5.74, 6) is 0.833. The van der Waals surface area contributed by atoms with Gasteiger partial charge in [0.25, 0.3) is 0 Å². The number of nitrogens with one attached hydrogen (secondary N) is 3. The normalized spacial score (nSPS) is 11.0. The van der Waals surface area contributed by atoms with E-state index >= 15 is 0 Å². The van der Waals surface area contributed by atoms with Gasteiger partial charge in [-0.15, -0.1) is 12.4 Å². The molecule has 0 aliphatic rings. The van der Waals surface area contributed by atoms with Gasteiger partial charge in [-0.1, -0.05) is 35.3 Å². The third-order valence-corrected chi connectivity index (χ3v) is 6.71. The summed E-state index contributed by atoms with van der Waals surface area (Å²) in [6, 6.07) is 14.9. The number of H-pyrrole nitrogens is 1. The van der Waals surface area contributed by atoms with Gasteiger partial charge in [-0.05, 0) is 49.7 Å². The molecule has 0 spiro atoms. The average Bonchev–Trinajstić information content (AvgIpc) is 3.18. The Morgan fingerprint density at radius 2 is 1.81 bits per heavy atom. The second-order valence-electron chi connectivity index (χ2n) is 9.05. The molecule has 0 fully saturated rings. The van der Waals surface area contributed by atoms with Crippen LogP contribution in [0.1, 0.15) is 25.0 Å². The molecule has 0 unspecified atom stereocenters. The van der Waals surface area contributed by atoms with Crippen LogP contribution in [-0.2, 0) is 17.9 Å². The van der Waals surface area contributed by atoms with Crippen molar-refractivity contribution in [1.29, 1.82) is 0 Å². The van der Waals surface area contributed by atoms with Gasteiger partial charge in [0.15, 0.2) is 5.43 Å². The van der Waals surface area contributed by atoms with Gasteiger partial charge < -0.3 is 25.1 Å². The van der Waals surface area contributed by atoms with E-state index in [9.17, 15) is 9.59 Å². The first-order chi connectivity index (χ1) is 17.3. The van der Waals surface area contributed by atoms with Crippen LogP contribution in [0.2, 0.25) is 10.0 Å². The molecule has 37 heavy (non-hydrogen) atoms. The van der Waals surface area contributed by atoms with Gasteiger partial charge in [-0.3, -0.25) is 9.59 Å². The summed E-state index contributed by atoms with van der Waals surface area (Å²) < 4.78 is 2.20. The first-order valence-corrected chi connectivity index (χ1v) is 12.8. The topological polar surface area (TPSA) is 82.2 Å². The maximum atomic E-state index is 12.3. The zero-order valence-electron chi connectivity index (χ0n) is 20.9. The minimum Gasteiger partial charge on any atom is -0.371 e. The van der Waals surface area contributed by atoms with Crippen molar-refractivity contribution >= 4 is 69.1 Å². The molecule has 0 saturated carbocycles. The number of halogens is 3. The minimum absolute atomic E-state index is 0. The molecule has 0 saturated heterocycles. The van der Waals surface area contributed by atoms with E-state index < -0.39 is 0 Å². The number of benzene rings is 2. The zero-order valence-corrected chi connectivity index (χ0v) is 23.3. The standard InChI is InChI=1S/C27H31Cl2N5O2.ClH/c1-33(2)27(36)9-5-12-34-19(15-21-22(29)13-18(28)14-24(21)34)17-30-10-6-11-31-26-16-25(35)20-7-3-4-8-23(20)32-26;/h3-4,7-8,13-16,30H,5-6,9-12,17H2,1-2H3,(H2,31,32,35);1H. The van der Waals surface area contributed by atoms with E-state index in [4.69, 9.17) is 23.2 Å². The molecule has 0 bridgehead atoms. The Labute approximate surface area is 232 Å². The molecule has 2 heterocycles. The maximum absolute atomic E-state index is 12.3. The van der Waals surface area contributed by atoms with Crippen molar-refractivity contribution in [1.82, 2.24) is 19.8 Å². The van der Waals surface area contributed by atoms with Crippen molar-refractivity contribution in [2.45, 2.75) is 32.4 Å². The number of anilines is 1. The average molecular weight is 565 g/mol. The molecular weight excluding hydrogens is 533 g/mol. The molecule has 10 heteroatoms. The number of nitrogens with zero attached hydrogens (tertiary/aromatic N) is 2. The third kappa shape index (κ3) is 7.20. The van der Waals surface area contributed by atoms with Crippen LogP contribution in [0.5, 0.6) is 0 Å². The highest BCUT2D eigenvalue weighted by molar-refractivity contribution is 6.38. The summed E-state index contributed by atoms with van der Waals surface area (Å²) in [5, 5.41) is 9.66. The number of aromatic nitrogens is 2. The minimum atomic E-state index is 0. The van der Waals surface area contributed by atoms with Crippen molar-refractivity contribution < 1.29 is 4.79 Å².